The minimum absolute atomic E-state index is 0.512. The second-order valence-corrected chi connectivity index (χ2v) is 3.92. The van der Waals surface area contributed by atoms with Crippen molar-refractivity contribution in [3.63, 3.8) is 0 Å². The van der Waals surface area contributed by atoms with Gasteiger partial charge in [0.05, 0.1) is 0 Å². The van der Waals surface area contributed by atoms with Crippen LogP contribution in [-0.2, 0) is 10.6 Å². The summed E-state index contributed by atoms with van der Waals surface area (Å²) in [7, 11) is 0. The van der Waals surface area contributed by atoms with Gasteiger partial charge < -0.3 is 14.3 Å². The predicted octanol–water partition coefficient (Wildman–Crippen LogP) is 0.990. The normalized spacial score (nSPS) is 28.9. The Morgan fingerprint density at radius 2 is 2.27 bits per heavy atom. The predicted molar refractivity (Wildman–Crippen MR) is 50.8 cm³/mol. The van der Waals surface area contributed by atoms with Crippen LogP contribution in [-0.4, -0.2) is 27.4 Å². The molecule has 3 heterocycles. The van der Waals surface area contributed by atoms with Gasteiger partial charge >= 0.3 is 0 Å². The van der Waals surface area contributed by atoms with Crippen molar-refractivity contribution in [2.75, 3.05) is 6.54 Å². The van der Waals surface area contributed by atoms with E-state index >= 15 is 0 Å². The van der Waals surface area contributed by atoms with Crippen LogP contribution in [0, 0.1) is 6.92 Å². The van der Waals surface area contributed by atoms with Crippen LogP contribution < -0.4 is 0 Å². The van der Waals surface area contributed by atoms with Gasteiger partial charge in [-0.15, -0.1) is 0 Å². The number of nitrogens with zero attached hydrogens (tertiary/aromatic N) is 4. The minimum Gasteiger partial charge on any atom is -0.355 e. The topological polar surface area (TPSA) is 63.8 Å². The zero-order valence-electron chi connectivity index (χ0n) is 8.73. The molecule has 1 atom stereocenters. The van der Waals surface area contributed by atoms with Gasteiger partial charge in [-0.2, -0.15) is 4.98 Å². The summed E-state index contributed by atoms with van der Waals surface area (Å²) in [5, 5.41) is 7.79. The largest absolute Gasteiger partial charge is 0.355 e. The quantitative estimate of drug-likeness (QED) is 0.688. The number of hydrogen-bond donors (Lipinski definition) is 0. The average molecular weight is 208 g/mol. The SMILES string of the molecule is CC1=NOC2(c3nc(C)no3)CCCN12. The molecular formula is C9H12N4O2. The Morgan fingerprint density at radius 3 is 3.00 bits per heavy atom. The van der Waals surface area contributed by atoms with Crippen LogP contribution in [0.3, 0.4) is 0 Å². The highest BCUT2D eigenvalue weighted by molar-refractivity contribution is 5.81. The Labute approximate surface area is 86.9 Å². The summed E-state index contributed by atoms with van der Waals surface area (Å²) in [6.07, 6.45) is 1.89. The standard InChI is InChI=1S/C9H12N4O2/c1-6-10-8(14-11-6)9-4-3-5-13(9)7(2)12-15-9/h3-5H2,1-2H3. The average Bonchev–Trinajstić information content (AvgIpc) is 2.84. The number of aryl methyl sites for hydroxylation is 1. The fourth-order valence-corrected chi connectivity index (χ4v) is 2.22. The lowest BCUT2D eigenvalue weighted by atomic mass is 10.1. The van der Waals surface area contributed by atoms with E-state index in [0.717, 1.165) is 25.2 Å². The molecule has 6 heteroatoms. The molecule has 0 aliphatic carbocycles. The fraction of sp³-hybridized carbons (Fsp3) is 0.667. The monoisotopic (exact) mass is 208 g/mol. The molecule has 0 spiro atoms. The number of oxime groups is 1. The van der Waals surface area contributed by atoms with Gasteiger partial charge in [-0.3, -0.25) is 0 Å². The Hall–Kier alpha value is -1.59. The molecule has 1 fully saturated rings. The van der Waals surface area contributed by atoms with E-state index < -0.39 is 5.72 Å². The summed E-state index contributed by atoms with van der Waals surface area (Å²) >= 11 is 0. The Morgan fingerprint density at radius 1 is 1.40 bits per heavy atom. The molecule has 0 amide bonds. The molecule has 2 aliphatic rings. The molecule has 1 aromatic heterocycles. The van der Waals surface area contributed by atoms with Crippen LogP contribution in [0.2, 0.25) is 0 Å². The number of rotatable bonds is 1. The van der Waals surface area contributed by atoms with Gasteiger partial charge in [-0.1, -0.05) is 10.3 Å². The smallest absolute Gasteiger partial charge is 0.295 e. The third kappa shape index (κ3) is 1.01. The van der Waals surface area contributed by atoms with Gasteiger partial charge in [0.15, 0.2) is 5.82 Å². The first-order chi connectivity index (χ1) is 7.22. The highest BCUT2D eigenvalue weighted by Gasteiger charge is 2.54. The van der Waals surface area contributed by atoms with Crippen LogP contribution in [0.25, 0.3) is 0 Å². The van der Waals surface area contributed by atoms with Gasteiger partial charge in [0, 0.05) is 13.0 Å². The maximum Gasteiger partial charge on any atom is 0.295 e. The third-order valence-corrected chi connectivity index (χ3v) is 2.91. The van der Waals surface area contributed by atoms with Crippen molar-refractivity contribution in [1.82, 2.24) is 15.0 Å². The Balaban J connectivity index is 2.04. The maximum absolute atomic E-state index is 5.49. The lowest BCUT2D eigenvalue weighted by Gasteiger charge is -2.26. The molecule has 0 aromatic carbocycles. The van der Waals surface area contributed by atoms with Crippen molar-refractivity contribution < 1.29 is 9.36 Å². The molecule has 15 heavy (non-hydrogen) atoms. The highest BCUT2D eigenvalue weighted by Crippen LogP contribution is 2.42. The molecule has 80 valence electrons. The van der Waals surface area contributed by atoms with E-state index in [4.69, 9.17) is 9.36 Å². The molecule has 1 unspecified atom stereocenters. The van der Waals surface area contributed by atoms with Crippen molar-refractivity contribution >= 4 is 5.84 Å². The second kappa shape index (κ2) is 2.71. The van der Waals surface area contributed by atoms with Crippen LogP contribution in [0.5, 0.6) is 0 Å². The molecule has 3 rings (SSSR count). The first kappa shape index (κ1) is 8.70. The Kier molecular flexibility index (Phi) is 1.57. The summed E-state index contributed by atoms with van der Waals surface area (Å²) in [6.45, 7) is 4.65. The number of hydrogen-bond acceptors (Lipinski definition) is 6. The lowest BCUT2D eigenvalue weighted by Crippen LogP contribution is -2.40. The minimum atomic E-state index is -0.620. The summed E-state index contributed by atoms with van der Waals surface area (Å²) < 4.78 is 5.20. The van der Waals surface area contributed by atoms with Crippen LogP contribution in [0.15, 0.2) is 9.68 Å². The third-order valence-electron chi connectivity index (χ3n) is 2.91. The molecule has 6 nitrogen and oxygen atoms in total. The fourth-order valence-electron chi connectivity index (χ4n) is 2.22. The first-order valence-corrected chi connectivity index (χ1v) is 5.03. The first-order valence-electron chi connectivity index (χ1n) is 5.03. The van der Waals surface area contributed by atoms with Gasteiger partial charge in [0.25, 0.3) is 11.6 Å². The highest BCUT2D eigenvalue weighted by atomic mass is 16.7. The second-order valence-electron chi connectivity index (χ2n) is 3.92. The summed E-state index contributed by atoms with van der Waals surface area (Å²) in [6, 6.07) is 0. The molecule has 0 saturated carbocycles. The maximum atomic E-state index is 5.49. The Bertz CT molecular complexity index is 428. The summed E-state index contributed by atoms with van der Waals surface area (Å²) in [4.78, 5) is 11.8. The summed E-state index contributed by atoms with van der Waals surface area (Å²) in [5.41, 5.74) is -0.620. The van der Waals surface area contributed by atoms with Crippen molar-refractivity contribution in [2.24, 2.45) is 5.16 Å². The van der Waals surface area contributed by atoms with Crippen LogP contribution in [0.4, 0.5) is 0 Å². The van der Waals surface area contributed by atoms with Gasteiger partial charge in [0.2, 0.25) is 0 Å². The zero-order chi connectivity index (χ0) is 10.5. The molecule has 0 bridgehead atoms. The molecule has 0 N–H and O–H groups in total. The van der Waals surface area contributed by atoms with E-state index in [-0.39, 0.29) is 0 Å². The van der Waals surface area contributed by atoms with Gasteiger partial charge in [0.1, 0.15) is 5.84 Å². The van der Waals surface area contributed by atoms with Gasteiger partial charge in [-0.25, -0.2) is 0 Å². The number of fused-ring (bicyclic) bond motifs is 1. The molecule has 1 saturated heterocycles. The van der Waals surface area contributed by atoms with E-state index in [0.29, 0.717) is 11.7 Å². The lowest BCUT2D eigenvalue weighted by molar-refractivity contribution is -0.106. The molecule has 1 aromatic rings. The number of aromatic nitrogens is 2. The van der Waals surface area contributed by atoms with E-state index in [1.54, 1.807) is 6.92 Å². The molecule has 2 aliphatic heterocycles. The van der Waals surface area contributed by atoms with Crippen molar-refractivity contribution in [2.45, 2.75) is 32.4 Å². The molecular weight excluding hydrogens is 196 g/mol. The number of amidine groups is 1. The van der Waals surface area contributed by atoms with E-state index in [1.165, 1.54) is 0 Å². The van der Waals surface area contributed by atoms with E-state index in [9.17, 15) is 0 Å². The van der Waals surface area contributed by atoms with E-state index in [1.807, 2.05) is 6.92 Å². The van der Waals surface area contributed by atoms with Crippen molar-refractivity contribution in [1.29, 1.82) is 0 Å². The molecule has 0 radical (unpaired) electrons. The van der Waals surface area contributed by atoms with E-state index in [2.05, 4.69) is 20.2 Å². The van der Waals surface area contributed by atoms with Crippen LogP contribution in [0.1, 0.15) is 31.5 Å². The van der Waals surface area contributed by atoms with Gasteiger partial charge in [-0.05, 0) is 20.3 Å². The van der Waals surface area contributed by atoms with Crippen molar-refractivity contribution in [3.05, 3.63) is 11.7 Å². The zero-order valence-corrected chi connectivity index (χ0v) is 8.73. The summed E-state index contributed by atoms with van der Waals surface area (Å²) in [5.74, 6) is 2.01. The van der Waals surface area contributed by atoms with Crippen LogP contribution >= 0.6 is 0 Å². The van der Waals surface area contributed by atoms with Crippen molar-refractivity contribution in [3.8, 4) is 0 Å².